The Morgan fingerprint density at radius 1 is 1.24 bits per heavy atom. The summed E-state index contributed by atoms with van der Waals surface area (Å²) in [5.74, 6) is 0.183. The summed E-state index contributed by atoms with van der Waals surface area (Å²) in [4.78, 5) is 0. The molecule has 1 aromatic carbocycles. The van der Waals surface area contributed by atoms with Crippen molar-refractivity contribution in [1.29, 1.82) is 0 Å². The first-order valence-corrected chi connectivity index (χ1v) is 7.92. The van der Waals surface area contributed by atoms with Crippen molar-refractivity contribution in [2.24, 2.45) is 0 Å². The molecular weight excluding hydrogens is 295 g/mol. The lowest BCUT2D eigenvalue weighted by molar-refractivity contribution is 0.390. The number of halogens is 1. The van der Waals surface area contributed by atoms with Crippen molar-refractivity contribution in [2.45, 2.75) is 24.6 Å². The van der Waals surface area contributed by atoms with Crippen molar-refractivity contribution >= 4 is 10.0 Å². The summed E-state index contributed by atoms with van der Waals surface area (Å²) in [7, 11) is -2.26. The van der Waals surface area contributed by atoms with Crippen LogP contribution in [0.2, 0.25) is 0 Å². The largest absolute Gasteiger partial charge is 0.447 e. The SMILES string of the molecule is CNS(=O)(=O)c1ccc(CN[C@H](C)c2ccccc2F)o1. The number of rotatable bonds is 6. The summed E-state index contributed by atoms with van der Waals surface area (Å²) >= 11 is 0. The lowest BCUT2D eigenvalue weighted by Crippen LogP contribution is -2.19. The third-order valence-electron chi connectivity index (χ3n) is 3.12. The van der Waals surface area contributed by atoms with Crippen LogP contribution in [0.25, 0.3) is 0 Å². The standard InChI is InChI=1S/C14H17FN2O3S/c1-10(12-5-3-4-6-13(12)15)17-9-11-7-8-14(20-11)21(18,19)16-2/h3-8,10,16-17H,9H2,1-2H3/t10-/m1/s1. The van der Waals surface area contributed by atoms with Crippen molar-refractivity contribution in [1.82, 2.24) is 10.0 Å². The molecule has 1 heterocycles. The summed E-state index contributed by atoms with van der Waals surface area (Å²) in [6.07, 6.45) is 0. The average molecular weight is 312 g/mol. The van der Waals surface area contributed by atoms with Gasteiger partial charge in [-0.25, -0.2) is 17.5 Å². The summed E-state index contributed by atoms with van der Waals surface area (Å²) in [5.41, 5.74) is 0.548. The summed E-state index contributed by atoms with van der Waals surface area (Å²) < 4.78 is 44.1. The Morgan fingerprint density at radius 3 is 2.62 bits per heavy atom. The van der Waals surface area contributed by atoms with Gasteiger partial charge in [-0.05, 0) is 32.2 Å². The highest BCUT2D eigenvalue weighted by Crippen LogP contribution is 2.18. The van der Waals surface area contributed by atoms with E-state index in [2.05, 4.69) is 10.0 Å². The highest BCUT2D eigenvalue weighted by molar-refractivity contribution is 7.89. The van der Waals surface area contributed by atoms with E-state index >= 15 is 0 Å². The summed E-state index contributed by atoms with van der Waals surface area (Å²) in [6.45, 7) is 2.13. The first-order chi connectivity index (χ1) is 9.94. The van der Waals surface area contributed by atoms with Crippen LogP contribution in [-0.4, -0.2) is 15.5 Å². The molecule has 0 spiro atoms. The molecule has 1 aromatic heterocycles. The maximum absolute atomic E-state index is 13.6. The highest BCUT2D eigenvalue weighted by atomic mass is 32.2. The Bertz CT molecular complexity index is 713. The van der Waals surface area contributed by atoms with Gasteiger partial charge in [0, 0.05) is 11.6 Å². The molecule has 1 atom stereocenters. The fourth-order valence-corrected chi connectivity index (χ4v) is 2.55. The van der Waals surface area contributed by atoms with Gasteiger partial charge in [-0.2, -0.15) is 0 Å². The molecule has 0 saturated heterocycles. The Morgan fingerprint density at radius 2 is 1.95 bits per heavy atom. The molecule has 0 fully saturated rings. The normalized spacial score (nSPS) is 13.3. The summed E-state index contributed by atoms with van der Waals surface area (Å²) in [6, 6.07) is 9.24. The number of benzene rings is 1. The van der Waals surface area contributed by atoms with E-state index in [1.807, 2.05) is 6.92 Å². The predicted octanol–water partition coefficient (Wildman–Crippen LogP) is 2.18. The van der Waals surface area contributed by atoms with E-state index in [0.717, 1.165) is 0 Å². The predicted molar refractivity (Wildman–Crippen MR) is 76.6 cm³/mol. The van der Waals surface area contributed by atoms with E-state index in [4.69, 9.17) is 4.42 Å². The fourth-order valence-electron chi connectivity index (χ4n) is 1.89. The van der Waals surface area contributed by atoms with E-state index in [0.29, 0.717) is 17.9 Å². The lowest BCUT2D eigenvalue weighted by atomic mass is 10.1. The molecule has 21 heavy (non-hydrogen) atoms. The van der Waals surface area contributed by atoms with Crippen LogP contribution in [0.1, 0.15) is 24.3 Å². The highest BCUT2D eigenvalue weighted by Gasteiger charge is 2.17. The number of sulfonamides is 1. The molecule has 0 amide bonds. The van der Waals surface area contributed by atoms with Crippen LogP contribution in [0.3, 0.4) is 0 Å². The minimum atomic E-state index is -3.58. The van der Waals surface area contributed by atoms with Crippen LogP contribution in [0.15, 0.2) is 45.9 Å². The molecular formula is C14H17FN2O3S. The Labute approximate surface area is 123 Å². The van der Waals surface area contributed by atoms with Crippen molar-refractivity contribution in [3.63, 3.8) is 0 Å². The van der Waals surface area contributed by atoms with Crippen molar-refractivity contribution < 1.29 is 17.2 Å². The molecule has 0 aliphatic rings. The first kappa shape index (κ1) is 15.7. The zero-order valence-electron chi connectivity index (χ0n) is 11.8. The molecule has 5 nitrogen and oxygen atoms in total. The minimum absolute atomic E-state index is 0.139. The van der Waals surface area contributed by atoms with E-state index in [1.54, 1.807) is 24.3 Å². The van der Waals surface area contributed by atoms with Gasteiger partial charge in [0.1, 0.15) is 11.6 Å². The number of nitrogens with one attached hydrogen (secondary N) is 2. The van der Waals surface area contributed by atoms with Crippen LogP contribution < -0.4 is 10.0 Å². The number of hydrogen-bond donors (Lipinski definition) is 2. The van der Waals surface area contributed by atoms with Gasteiger partial charge in [0.15, 0.2) is 0 Å². The van der Waals surface area contributed by atoms with Crippen LogP contribution in [-0.2, 0) is 16.6 Å². The van der Waals surface area contributed by atoms with E-state index in [-0.39, 0.29) is 17.0 Å². The van der Waals surface area contributed by atoms with Gasteiger partial charge in [0.2, 0.25) is 5.09 Å². The molecule has 0 aliphatic heterocycles. The van der Waals surface area contributed by atoms with Gasteiger partial charge in [0.25, 0.3) is 10.0 Å². The topological polar surface area (TPSA) is 71.3 Å². The van der Waals surface area contributed by atoms with Gasteiger partial charge >= 0.3 is 0 Å². The molecule has 0 saturated carbocycles. The molecule has 0 aliphatic carbocycles. The van der Waals surface area contributed by atoms with Gasteiger partial charge < -0.3 is 9.73 Å². The zero-order chi connectivity index (χ0) is 15.5. The molecule has 2 rings (SSSR count). The first-order valence-electron chi connectivity index (χ1n) is 6.44. The minimum Gasteiger partial charge on any atom is -0.447 e. The zero-order valence-corrected chi connectivity index (χ0v) is 12.6. The van der Waals surface area contributed by atoms with Crippen LogP contribution in [0.5, 0.6) is 0 Å². The molecule has 7 heteroatoms. The third kappa shape index (κ3) is 3.69. The number of furan rings is 1. The van der Waals surface area contributed by atoms with Crippen LogP contribution in [0.4, 0.5) is 4.39 Å². The van der Waals surface area contributed by atoms with Crippen molar-refractivity contribution in [3.05, 3.63) is 53.5 Å². The maximum atomic E-state index is 13.6. The van der Waals surface area contributed by atoms with Crippen LogP contribution >= 0.6 is 0 Å². The van der Waals surface area contributed by atoms with Gasteiger partial charge in [-0.1, -0.05) is 18.2 Å². The smallest absolute Gasteiger partial charge is 0.273 e. The van der Waals surface area contributed by atoms with E-state index in [1.165, 1.54) is 19.2 Å². The number of hydrogen-bond acceptors (Lipinski definition) is 4. The molecule has 2 N–H and O–H groups in total. The Kier molecular flexibility index (Phi) is 4.76. The average Bonchev–Trinajstić information content (AvgIpc) is 2.95. The lowest BCUT2D eigenvalue weighted by Gasteiger charge is -2.13. The van der Waals surface area contributed by atoms with Gasteiger partial charge in [0.05, 0.1) is 6.54 Å². The maximum Gasteiger partial charge on any atom is 0.273 e. The Balaban J connectivity index is 2.03. The van der Waals surface area contributed by atoms with Crippen molar-refractivity contribution in [3.8, 4) is 0 Å². The second-order valence-corrected chi connectivity index (χ2v) is 6.37. The summed E-state index contributed by atoms with van der Waals surface area (Å²) in [5, 5.41) is 2.95. The quantitative estimate of drug-likeness (QED) is 0.857. The van der Waals surface area contributed by atoms with E-state index < -0.39 is 10.0 Å². The molecule has 2 aromatic rings. The van der Waals surface area contributed by atoms with Gasteiger partial charge in [-0.15, -0.1) is 0 Å². The van der Waals surface area contributed by atoms with Crippen molar-refractivity contribution in [2.75, 3.05) is 7.05 Å². The molecule has 0 unspecified atom stereocenters. The molecule has 0 radical (unpaired) electrons. The van der Waals surface area contributed by atoms with Gasteiger partial charge in [-0.3, -0.25) is 0 Å². The Hall–Kier alpha value is -1.70. The third-order valence-corrected chi connectivity index (χ3v) is 4.41. The molecule has 114 valence electrons. The second-order valence-electron chi connectivity index (χ2n) is 4.55. The monoisotopic (exact) mass is 312 g/mol. The fraction of sp³-hybridized carbons (Fsp3) is 0.286. The van der Waals surface area contributed by atoms with Crippen LogP contribution in [0, 0.1) is 5.82 Å². The second kappa shape index (κ2) is 6.38. The van der Waals surface area contributed by atoms with E-state index in [9.17, 15) is 12.8 Å². The molecule has 0 bridgehead atoms.